The Balaban J connectivity index is 0.000000237. The Morgan fingerprint density at radius 2 is 1.59 bits per heavy atom. The lowest BCUT2D eigenvalue weighted by Gasteiger charge is -2.25. The molecular weight excluding hydrogens is 400 g/mol. The molecule has 4 heteroatoms. The lowest BCUT2D eigenvalue weighted by atomic mass is 9.89. The van der Waals surface area contributed by atoms with E-state index in [1.54, 1.807) is 14.0 Å². The SMILES string of the molecule is C=C(C)OCC1c2ccccc2-c2ccccc21.CCCCC(C)C(OC)C(C)C(=O)O. The summed E-state index contributed by atoms with van der Waals surface area (Å²) >= 11 is 0. The van der Waals surface area contributed by atoms with E-state index in [1.165, 1.54) is 22.3 Å². The number of rotatable bonds is 10. The normalized spacial score (nSPS) is 14.9. The first kappa shape index (κ1) is 25.7. The van der Waals surface area contributed by atoms with Crippen molar-refractivity contribution in [3.05, 3.63) is 72.0 Å². The van der Waals surface area contributed by atoms with Crippen LogP contribution < -0.4 is 0 Å². The first-order valence-corrected chi connectivity index (χ1v) is 11.5. The molecule has 2 aromatic rings. The van der Waals surface area contributed by atoms with Crippen molar-refractivity contribution >= 4 is 5.97 Å². The lowest BCUT2D eigenvalue weighted by molar-refractivity contribution is -0.147. The van der Waals surface area contributed by atoms with Crippen LogP contribution in [0.4, 0.5) is 0 Å². The quantitative estimate of drug-likeness (QED) is 0.410. The van der Waals surface area contributed by atoms with Crippen LogP contribution in [0.1, 0.15) is 64.0 Å². The summed E-state index contributed by atoms with van der Waals surface area (Å²) in [6, 6.07) is 17.2. The molecule has 1 N–H and O–H groups in total. The van der Waals surface area contributed by atoms with E-state index in [-0.39, 0.29) is 6.10 Å². The predicted molar refractivity (Wildman–Crippen MR) is 131 cm³/mol. The molecule has 3 rings (SSSR count). The average Bonchev–Trinajstić information content (AvgIpc) is 3.10. The molecule has 0 aliphatic heterocycles. The number of hydrogen-bond acceptors (Lipinski definition) is 3. The van der Waals surface area contributed by atoms with Gasteiger partial charge in [-0.1, -0.05) is 81.8 Å². The molecule has 3 atom stereocenters. The molecule has 0 saturated heterocycles. The van der Waals surface area contributed by atoms with Crippen molar-refractivity contribution in [3.63, 3.8) is 0 Å². The number of ether oxygens (including phenoxy) is 2. The van der Waals surface area contributed by atoms with Crippen LogP contribution in [0.25, 0.3) is 11.1 Å². The van der Waals surface area contributed by atoms with Crippen molar-refractivity contribution in [1.29, 1.82) is 0 Å². The van der Waals surface area contributed by atoms with Gasteiger partial charge in [-0.3, -0.25) is 4.79 Å². The number of carbonyl (C=O) groups is 1. The number of hydrogen-bond donors (Lipinski definition) is 1. The van der Waals surface area contributed by atoms with E-state index in [2.05, 4.69) is 69.0 Å². The Morgan fingerprint density at radius 3 is 2.03 bits per heavy atom. The standard InChI is InChI=1S/C17H16O.C11H22O3/c1-12(2)18-11-17-15-9-5-3-7-13(15)14-8-4-6-10-16(14)17;1-5-6-7-8(2)10(14-4)9(3)11(12)13/h3-10,17H,1,11H2,2H3;8-10H,5-7H2,1-4H3,(H,12,13). The predicted octanol–water partition coefficient (Wildman–Crippen LogP) is 6.90. The number of benzene rings is 2. The molecule has 0 heterocycles. The van der Waals surface area contributed by atoms with Crippen LogP contribution in [-0.4, -0.2) is 30.9 Å². The number of methoxy groups -OCH3 is 1. The van der Waals surface area contributed by atoms with Crippen LogP contribution in [0.3, 0.4) is 0 Å². The third-order valence-electron chi connectivity index (χ3n) is 6.19. The maximum Gasteiger partial charge on any atom is 0.308 e. The molecular formula is C28H38O4. The fraction of sp³-hybridized carbons (Fsp3) is 0.464. The summed E-state index contributed by atoms with van der Waals surface area (Å²) < 4.78 is 10.9. The molecule has 1 aliphatic rings. The van der Waals surface area contributed by atoms with E-state index in [4.69, 9.17) is 14.6 Å². The summed E-state index contributed by atoms with van der Waals surface area (Å²) in [5.74, 6) is 0.212. The van der Waals surface area contributed by atoms with Gasteiger partial charge in [0.25, 0.3) is 0 Å². The van der Waals surface area contributed by atoms with Gasteiger partial charge in [0.1, 0.15) is 0 Å². The summed E-state index contributed by atoms with van der Waals surface area (Å²) in [6.07, 6.45) is 3.14. The van der Waals surface area contributed by atoms with Gasteiger partial charge in [0, 0.05) is 13.0 Å². The van der Waals surface area contributed by atoms with Crippen molar-refractivity contribution in [2.75, 3.05) is 13.7 Å². The third kappa shape index (κ3) is 6.46. The van der Waals surface area contributed by atoms with Crippen molar-refractivity contribution in [2.45, 2.75) is 59.0 Å². The zero-order chi connectivity index (χ0) is 23.7. The molecule has 0 amide bonds. The second-order valence-electron chi connectivity index (χ2n) is 8.69. The third-order valence-corrected chi connectivity index (χ3v) is 6.19. The van der Waals surface area contributed by atoms with E-state index < -0.39 is 11.9 Å². The summed E-state index contributed by atoms with van der Waals surface area (Å²) in [6.45, 7) is 12.3. The number of fused-ring (bicyclic) bond motifs is 3. The maximum atomic E-state index is 10.8. The zero-order valence-corrected chi connectivity index (χ0v) is 20.1. The second kappa shape index (κ2) is 12.4. The number of unbranched alkanes of at least 4 members (excludes halogenated alkanes) is 1. The Hall–Kier alpha value is -2.59. The molecule has 3 unspecified atom stereocenters. The summed E-state index contributed by atoms with van der Waals surface area (Å²) in [5.41, 5.74) is 5.40. The van der Waals surface area contributed by atoms with E-state index in [1.807, 2.05) is 6.92 Å². The first-order chi connectivity index (χ1) is 15.3. The van der Waals surface area contributed by atoms with Crippen LogP contribution in [-0.2, 0) is 14.3 Å². The minimum Gasteiger partial charge on any atom is -0.498 e. The minimum absolute atomic E-state index is 0.168. The zero-order valence-electron chi connectivity index (χ0n) is 20.1. The van der Waals surface area contributed by atoms with Crippen LogP contribution in [0.2, 0.25) is 0 Å². The van der Waals surface area contributed by atoms with Gasteiger partial charge in [0.05, 0.1) is 24.4 Å². The Bertz CT molecular complexity index is 843. The number of allylic oxidation sites excluding steroid dienone is 1. The molecule has 174 valence electrons. The Labute approximate surface area is 193 Å². The van der Waals surface area contributed by atoms with Gasteiger partial charge in [0.2, 0.25) is 0 Å². The molecule has 4 nitrogen and oxygen atoms in total. The van der Waals surface area contributed by atoms with Gasteiger partial charge in [0.15, 0.2) is 0 Å². The first-order valence-electron chi connectivity index (χ1n) is 11.5. The highest BCUT2D eigenvalue weighted by Crippen LogP contribution is 2.44. The van der Waals surface area contributed by atoms with Crippen molar-refractivity contribution in [1.82, 2.24) is 0 Å². The van der Waals surface area contributed by atoms with Crippen molar-refractivity contribution < 1.29 is 19.4 Å². The highest BCUT2D eigenvalue weighted by atomic mass is 16.5. The molecule has 0 aromatic heterocycles. The molecule has 1 aliphatic carbocycles. The van der Waals surface area contributed by atoms with Gasteiger partial charge in [-0.15, -0.1) is 0 Å². The number of carboxylic acids is 1. The van der Waals surface area contributed by atoms with Gasteiger partial charge >= 0.3 is 5.97 Å². The summed E-state index contributed by atoms with van der Waals surface area (Å²) in [4.78, 5) is 10.8. The molecule has 0 radical (unpaired) electrons. The van der Waals surface area contributed by atoms with E-state index in [0.717, 1.165) is 25.0 Å². The molecule has 0 bridgehead atoms. The number of carboxylic acid groups (broad SMARTS) is 1. The summed E-state index contributed by atoms with van der Waals surface area (Å²) in [5, 5.41) is 8.88. The van der Waals surface area contributed by atoms with Gasteiger partial charge in [-0.05, 0) is 48.4 Å². The van der Waals surface area contributed by atoms with E-state index in [9.17, 15) is 4.79 Å². The molecule has 2 aromatic carbocycles. The minimum atomic E-state index is -0.778. The highest BCUT2D eigenvalue weighted by molar-refractivity contribution is 5.78. The largest absolute Gasteiger partial charge is 0.498 e. The van der Waals surface area contributed by atoms with Crippen LogP contribution >= 0.6 is 0 Å². The van der Waals surface area contributed by atoms with Gasteiger partial charge < -0.3 is 14.6 Å². The van der Waals surface area contributed by atoms with Crippen molar-refractivity contribution in [2.24, 2.45) is 11.8 Å². The Kier molecular flexibility index (Phi) is 9.98. The molecule has 32 heavy (non-hydrogen) atoms. The van der Waals surface area contributed by atoms with Crippen LogP contribution in [0, 0.1) is 11.8 Å². The fourth-order valence-corrected chi connectivity index (χ4v) is 4.43. The summed E-state index contributed by atoms with van der Waals surface area (Å²) in [7, 11) is 1.59. The second-order valence-corrected chi connectivity index (χ2v) is 8.69. The Morgan fingerprint density at radius 1 is 1.06 bits per heavy atom. The van der Waals surface area contributed by atoms with Gasteiger partial charge in [-0.25, -0.2) is 0 Å². The monoisotopic (exact) mass is 438 g/mol. The average molecular weight is 439 g/mol. The maximum absolute atomic E-state index is 10.8. The molecule has 0 saturated carbocycles. The van der Waals surface area contributed by atoms with Crippen LogP contribution in [0.15, 0.2) is 60.9 Å². The number of aliphatic carboxylic acids is 1. The lowest BCUT2D eigenvalue weighted by Crippen LogP contribution is -2.33. The molecule has 0 fully saturated rings. The van der Waals surface area contributed by atoms with Crippen molar-refractivity contribution in [3.8, 4) is 11.1 Å². The van der Waals surface area contributed by atoms with E-state index in [0.29, 0.717) is 18.4 Å². The topological polar surface area (TPSA) is 55.8 Å². The molecule has 0 spiro atoms. The van der Waals surface area contributed by atoms with Crippen LogP contribution in [0.5, 0.6) is 0 Å². The highest BCUT2D eigenvalue weighted by Gasteiger charge is 2.29. The smallest absolute Gasteiger partial charge is 0.308 e. The fourth-order valence-electron chi connectivity index (χ4n) is 4.43. The van der Waals surface area contributed by atoms with Gasteiger partial charge in [-0.2, -0.15) is 0 Å². The van der Waals surface area contributed by atoms with E-state index >= 15 is 0 Å².